The van der Waals surface area contributed by atoms with Gasteiger partial charge in [-0.1, -0.05) is 83.5 Å². The summed E-state index contributed by atoms with van der Waals surface area (Å²) < 4.78 is 6.15. The van der Waals surface area contributed by atoms with Crippen LogP contribution in [0.5, 0.6) is 0 Å². The van der Waals surface area contributed by atoms with Crippen molar-refractivity contribution in [1.29, 1.82) is 0 Å². The van der Waals surface area contributed by atoms with Gasteiger partial charge < -0.3 is 4.74 Å². The molecule has 2 aliphatic heterocycles. The molecule has 2 heterocycles. The molecule has 0 aromatic heterocycles. The van der Waals surface area contributed by atoms with Crippen molar-refractivity contribution in [1.82, 2.24) is 8.61 Å². The second kappa shape index (κ2) is 8.03. The van der Waals surface area contributed by atoms with Crippen LogP contribution in [0.25, 0.3) is 0 Å². The number of hydrogen-bond donors (Lipinski definition) is 0. The first kappa shape index (κ1) is 20.8. The second-order valence-electron chi connectivity index (χ2n) is 4.37. The summed E-state index contributed by atoms with van der Waals surface area (Å²) in [5.74, 6) is 0. The standard InChI is InChI=1S/C10H12Cl6N4OS2/c1-3-19-5(9(11,12)13)17-7(22-19)21-8-18-6(10(14,15)16)20(4-2)23-8/h5-6H,3-4H2,1-2H3. The summed E-state index contributed by atoms with van der Waals surface area (Å²) in [4.78, 5) is 8.58. The van der Waals surface area contributed by atoms with Crippen molar-refractivity contribution < 1.29 is 4.74 Å². The molecule has 0 aromatic carbocycles. The number of aliphatic imine (C=N–C) groups is 2. The van der Waals surface area contributed by atoms with E-state index in [0.717, 1.165) is 0 Å². The van der Waals surface area contributed by atoms with Gasteiger partial charge in [-0.05, 0) is 0 Å². The first-order valence-corrected chi connectivity index (χ1v) is 10.2. The zero-order chi connectivity index (χ0) is 17.4. The van der Waals surface area contributed by atoms with Crippen LogP contribution < -0.4 is 0 Å². The third-order valence-corrected chi connectivity index (χ3v) is 6.02. The first-order valence-electron chi connectivity index (χ1n) is 6.42. The van der Waals surface area contributed by atoms with Gasteiger partial charge in [0.25, 0.3) is 10.5 Å². The van der Waals surface area contributed by atoms with E-state index in [1.165, 1.54) is 23.9 Å². The molecular weight excluding hydrogens is 469 g/mol. The molecule has 0 amide bonds. The van der Waals surface area contributed by atoms with Gasteiger partial charge in [0, 0.05) is 37.0 Å². The SMILES string of the molecule is CCN1SC(OC2=NC(C(Cl)(Cl)Cl)N(CC)S2)=NC1C(Cl)(Cl)Cl. The summed E-state index contributed by atoms with van der Waals surface area (Å²) in [6.45, 7) is 5.09. The Balaban J connectivity index is 2.11. The number of rotatable bonds is 2. The maximum atomic E-state index is 5.94. The molecule has 0 radical (unpaired) electrons. The Kier molecular flexibility index (Phi) is 7.26. The van der Waals surface area contributed by atoms with E-state index < -0.39 is 19.9 Å². The molecule has 0 spiro atoms. The topological polar surface area (TPSA) is 40.4 Å². The van der Waals surface area contributed by atoms with Crippen molar-refractivity contribution in [2.45, 2.75) is 33.8 Å². The Morgan fingerprint density at radius 3 is 1.43 bits per heavy atom. The van der Waals surface area contributed by atoms with Gasteiger partial charge in [0.05, 0.1) is 0 Å². The summed E-state index contributed by atoms with van der Waals surface area (Å²) in [5, 5.41) is 0.658. The van der Waals surface area contributed by atoms with Gasteiger partial charge in [-0.2, -0.15) is 0 Å². The predicted molar refractivity (Wildman–Crippen MR) is 104 cm³/mol. The van der Waals surface area contributed by atoms with E-state index >= 15 is 0 Å². The van der Waals surface area contributed by atoms with Crippen LogP contribution in [0.1, 0.15) is 13.8 Å². The molecule has 2 atom stereocenters. The maximum absolute atomic E-state index is 5.94. The monoisotopic (exact) mass is 478 g/mol. The highest BCUT2D eigenvalue weighted by molar-refractivity contribution is 8.13. The van der Waals surface area contributed by atoms with Gasteiger partial charge in [0.1, 0.15) is 0 Å². The Morgan fingerprint density at radius 1 is 0.870 bits per heavy atom. The van der Waals surface area contributed by atoms with Crippen molar-refractivity contribution in [2.24, 2.45) is 9.98 Å². The molecule has 0 saturated heterocycles. The van der Waals surface area contributed by atoms with Gasteiger partial charge in [0.2, 0.25) is 7.59 Å². The Hall–Kier alpha value is 1.50. The smallest absolute Gasteiger partial charge is 0.270 e. The lowest BCUT2D eigenvalue weighted by atomic mass is 10.5. The molecule has 5 nitrogen and oxygen atoms in total. The van der Waals surface area contributed by atoms with Crippen LogP contribution in [0.15, 0.2) is 9.98 Å². The second-order valence-corrected chi connectivity index (χ2v) is 11.1. The quantitative estimate of drug-likeness (QED) is 0.407. The van der Waals surface area contributed by atoms with Crippen molar-refractivity contribution in [3.63, 3.8) is 0 Å². The third kappa shape index (κ3) is 5.25. The summed E-state index contributed by atoms with van der Waals surface area (Å²) >= 11 is 38.1. The normalized spacial score (nSPS) is 27.3. The van der Waals surface area contributed by atoms with Crippen LogP contribution in [-0.2, 0) is 4.74 Å². The number of alkyl halides is 6. The molecule has 0 aliphatic carbocycles. The van der Waals surface area contributed by atoms with Crippen LogP contribution in [0.2, 0.25) is 0 Å². The van der Waals surface area contributed by atoms with E-state index in [1.807, 2.05) is 13.8 Å². The molecule has 0 N–H and O–H groups in total. The fourth-order valence-corrected chi connectivity index (χ4v) is 4.98. The fraction of sp³-hybridized carbons (Fsp3) is 0.800. The van der Waals surface area contributed by atoms with E-state index in [9.17, 15) is 0 Å². The van der Waals surface area contributed by atoms with Gasteiger partial charge in [-0.15, -0.1) is 0 Å². The summed E-state index contributed by atoms with van der Waals surface area (Å²) in [6, 6.07) is 0. The summed E-state index contributed by atoms with van der Waals surface area (Å²) in [7, 11) is 0. The number of halogens is 6. The highest BCUT2D eigenvalue weighted by atomic mass is 35.6. The van der Waals surface area contributed by atoms with Crippen LogP contribution in [0, 0.1) is 0 Å². The first-order chi connectivity index (χ1) is 10.6. The van der Waals surface area contributed by atoms with Gasteiger partial charge >= 0.3 is 0 Å². The van der Waals surface area contributed by atoms with E-state index in [1.54, 1.807) is 8.61 Å². The highest BCUT2D eigenvalue weighted by Crippen LogP contribution is 2.43. The molecular formula is C10H12Cl6N4OS2. The van der Waals surface area contributed by atoms with Crippen LogP contribution in [-0.4, -0.2) is 52.1 Å². The minimum absolute atomic E-state index is 0.329. The van der Waals surface area contributed by atoms with Crippen LogP contribution in [0.3, 0.4) is 0 Å². The van der Waals surface area contributed by atoms with E-state index in [2.05, 4.69) is 9.98 Å². The van der Waals surface area contributed by atoms with Crippen molar-refractivity contribution >= 4 is 104 Å². The lowest BCUT2D eigenvalue weighted by Gasteiger charge is -2.24. The zero-order valence-electron chi connectivity index (χ0n) is 11.9. The average molecular weight is 481 g/mol. The number of hydrogen-bond acceptors (Lipinski definition) is 7. The van der Waals surface area contributed by atoms with Crippen molar-refractivity contribution in [3.8, 4) is 0 Å². The minimum atomic E-state index is -1.56. The molecule has 0 bridgehead atoms. The Bertz CT molecular complexity index is 465. The van der Waals surface area contributed by atoms with E-state index in [4.69, 9.17) is 74.3 Å². The maximum Gasteiger partial charge on any atom is 0.270 e. The zero-order valence-corrected chi connectivity index (χ0v) is 18.0. The molecule has 13 heteroatoms. The predicted octanol–water partition coefficient (Wildman–Crippen LogP) is 5.08. The molecule has 0 aromatic rings. The molecule has 23 heavy (non-hydrogen) atoms. The third-order valence-electron chi connectivity index (χ3n) is 2.78. The highest BCUT2D eigenvalue weighted by Gasteiger charge is 2.45. The lowest BCUT2D eigenvalue weighted by Crippen LogP contribution is -2.35. The Labute approximate surface area is 173 Å². The summed E-state index contributed by atoms with van der Waals surface area (Å²) in [6.07, 6.45) is -1.29. The molecule has 2 rings (SSSR count). The number of ether oxygens (including phenoxy) is 1. The number of nitrogens with zero attached hydrogens (tertiary/aromatic N) is 4. The van der Waals surface area contributed by atoms with Crippen LogP contribution >= 0.6 is 93.5 Å². The molecule has 132 valence electrons. The van der Waals surface area contributed by atoms with Gasteiger partial charge in [0.15, 0.2) is 12.3 Å². The van der Waals surface area contributed by atoms with Gasteiger partial charge in [-0.25, -0.2) is 18.6 Å². The fourth-order valence-electron chi connectivity index (χ4n) is 1.79. The molecule has 0 saturated carbocycles. The van der Waals surface area contributed by atoms with Crippen molar-refractivity contribution in [2.75, 3.05) is 13.1 Å². The minimum Gasteiger partial charge on any atom is -0.407 e. The Morgan fingerprint density at radius 2 is 1.22 bits per heavy atom. The molecule has 2 unspecified atom stereocenters. The van der Waals surface area contributed by atoms with E-state index in [0.29, 0.717) is 23.5 Å². The van der Waals surface area contributed by atoms with Crippen LogP contribution in [0.4, 0.5) is 0 Å². The largest absolute Gasteiger partial charge is 0.407 e. The van der Waals surface area contributed by atoms with Gasteiger partial charge in [-0.3, -0.25) is 0 Å². The van der Waals surface area contributed by atoms with E-state index in [-0.39, 0.29) is 0 Å². The lowest BCUT2D eigenvalue weighted by molar-refractivity contribution is 0.389. The van der Waals surface area contributed by atoms with Crippen molar-refractivity contribution in [3.05, 3.63) is 0 Å². The molecule has 0 fully saturated rings. The average Bonchev–Trinajstić information content (AvgIpc) is 3.01. The summed E-state index contributed by atoms with van der Waals surface area (Å²) in [5.41, 5.74) is 0. The molecule has 2 aliphatic rings.